The number of aromatic nitrogens is 1. The molecule has 0 spiro atoms. The van der Waals surface area contributed by atoms with Gasteiger partial charge in [0.25, 0.3) is 0 Å². The summed E-state index contributed by atoms with van der Waals surface area (Å²) in [7, 11) is 3.30. The highest BCUT2D eigenvalue weighted by Crippen LogP contribution is 2.27. The van der Waals surface area contributed by atoms with E-state index < -0.39 is 6.29 Å². The number of nitrogens with zero attached hydrogens (tertiary/aromatic N) is 1. The van der Waals surface area contributed by atoms with Crippen LogP contribution >= 0.6 is 0 Å². The van der Waals surface area contributed by atoms with Gasteiger partial charge in [-0.15, -0.1) is 0 Å². The summed E-state index contributed by atoms with van der Waals surface area (Å²) in [5.41, 5.74) is 3.34. The van der Waals surface area contributed by atoms with Crippen LogP contribution in [-0.4, -0.2) is 32.3 Å². The summed E-state index contributed by atoms with van der Waals surface area (Å²) >= 11 is 0. The average Bonchev–Trinajstić information content (AvgIpc) is 2.52. The Balaban J connectivity index is 2.21. The summed E-state index contributed by atoms with van der Waals surface area (Å²) in [5, 5.41) is 6.85. The van der Waals surface area contributed by atoms with Crippen molar-refractivity contribution in [3.8, 4) is 0 Å². The van der Waals surface area contributed by atoms with E-state index in [4.69, 9.17) is 14.5 Å². The van der Waals surface area contributed by atoms with Gasteiger partial charge >= 0.3 is 0 Å². The highest BCUT2D eigenvalue weighted by Gasteiger charge is 2.20. The molecule has 5 heteroatoms. The molecule has 0 atom stereocenters. The topological polar surface area (TPSA) is 55.4 Å². The molecule has 0 fully saturated rings. The zero-order valence-electron chi connectivity index (χ0n) is 13.4. The molecule has 0 bridgehead atoms. The molecule has 21 heavy (non-hydrogen) atoms. The molecule has 1 aliphatic heterocycles. The van der Waals surface area contributed by atoms with Gasteiger partial charge in [-0.05, 0) is 43.0 Å². The number of ether oxygens (including phenoxy) is 2. The second-order valence-electron chi connectivity index (χ2n) is 5.40. The van der Waals surface area contributed by atoms with Crippen LogP contribution in [-0.2, 0) is 22.4 Å². The Morgan fingerprint density at radius 3 is 2.90 bits per heavy atom. The van der Waals surface area contributed by atoms with E-state index >= 15 is 0 Å². The molecule has 0 aromatic carbocycles. The number of rotatable bonds is 8. The van der Waals surface area contributed by atoms with Gasteiger partial charge in [0, 0.05) is 27.3 Å². The molecular formula is C16H27N3O2. The van der Waals surface area contributed by atoms with Crippen molar-refractivity contribution >= 4 is 5.82 Å². The molecule has 118 valence electrons. The van der Waals surface area contributed by atoms with Gasteiger partial charge in [0.2, 0.25) is 6.29 Å². The van der Waals surface area contributed by atoms with Crippen LogP contribution in [0.25, 0.3) is 0 Å². The van der Waals surface area contributed by atoms with E-state index in [0.29, 0.717) is 0 Å². The number of aryl methyl sites for hydroxylation is 1. The zero-order valence-corrected chi connectivity index (χ0v) is 13.4. The molecular weight excluding hydrogens is 266 g/mol. The standard InChI is InChI=1S/C16H27N3O2/c1-4-5-8-17-11-13-10-12-7-6-9-18-15(12)19-14(13)16(20-2)21-3/h10,16-17H,4-9,11H2,1-3H3,(H,18,19). The van der Waals surface area contributed by atoms with Crippen molar-refractivity contribution < 1.29 is 9.47 Å². The normalized spacial score (nSPS) is 14.1. The molecule has 0 radical (unpaired) electrons. The van der Waals surface area contributed by atoms with Crippen LogP contribution in [0.4, 0.5) is 5.82 Å². The highest BCUT2D eigenvalue weighted by molar-refractivity contribution is 5.49. The Labute approximate surface area is 127 Å². The van der Waals surface area contributed by atoms with Crippen LogP contribution in [0.3, 0.4) is 0 Å². The lowest BCUT2D eigenvalue weighted by Gasteiger charge is -2.23. The summed E-state index contributed by atoms with van der Waals surface area (Å²) in [6.07, 6.45) is 4.22. The fraction of sp³-hybridized carbons (Fsp3) is 0.688. The van der Waals surface area contributed by atoms with Crippen molar-refractivity contribution in [3.63, 3.8) is 0 Å². The van der Waals surface area contributed by atoms with Gasteiger partial charge in [-0.25, -0.2) is 4.98 Å². The molecule has 0 unspecified atom stereocenters. The quantitative estimate of drug-likeness (QED) is 0.570. The Morgan fingerprint density at radius 1 is 1.38 bits per heavy atom. The SMILES string of the molecule is CCCCNCc1cc2c(nc1C(OC)OC)NCCC2. The Bertz CT molecular complexity index is 447. The van der Waals surface area contributed by atoms with E-state index in [1.807, 2.05) is 0 Å². The number of fused-ring (bicyclic) bond motifs is 1. The first kappa shape index (κ1) is 16.2. The molecule has 0 amide bonds. The first-order valence-electron chi connectivity index (χ1n) is 7.83. The minimum Gasteiger partial charge on any atom is -0.370 e. The van der Waals surface area contributed by atoms with Gasteiger partial charge in [0.05, 0.1) is 0 Å². The lowest BCUT2D eigenvalue weighted by molar-refractivity contribution is -0.109. The molecule has 0 saturated heterocycles. The Hall–Kier alpha value is -1.17. The van der Waals surface area contributed by atoms with Gasteiger partial charge < -0.3 is 20.1 Å². The van der Waals surface area contributed by atoms with Crippen LogP contribution in [0.1, 0.15) is 49.3 Å². The van der Waals surface area contributed by atoms with E-state index in [0.717, 1.165) is 44.0 Å². The minimum absolute atomic E-state index is 0.415. The Morgan fingerprint density at radius 2 is 2.19 bits per heavy atom. The number of pyridine rings is 1. The fourth-order valence-electron chi connectivity index (χ4n) is 2.64. The summed E-state index contributed by atoms with van der Waals surface area (Å²) in [6.45, 7) is 5.01. The van der Waals surface area contributed by atoms with Crippen molar-refractivity contribution in [2.75, 3.05) is 32.6 Å². The maximum absolute atomic E-state index is 5.40. The predicted octanol–water partition coefficient (Wildman–Crippen LogP) is 2.62. The largest absolute Gasteiger partial charge is 0.370 e. The highest BCUT2D eigenvalue weighted by atomic mass is 16.7. The lowest BCUT2D eigenvalue weighted by atomic mass is 10.0. The number of unbranched alkanes of at least 4 members (excludes halogenated alkanes) is 1. The molecule has 1 aromatic heterocycles. The van der Waals surface area contributed by atoms with Gasteiger partial charge in [-0.1, -0.05) is 13.3 Å². The fourth-order valence-corrected chi connectivity index (χ4v) is 2.64. The van der Waals surface area contributed by atoms with Crippen LogP contribution in [0, 0.1) is 0 Å². The number of hydrogen-bond donors (Lipinski definition) is 2. The van der Waals surface area contributed by atoms with E-state index in [9.17, 15) is 0 Å². The van der Waals surface area contributed by atoms with E-state index in [2.05, 4.69) is 23.6 Å². The predicted molar refractivity (Wildman–Crippen MR) is 84.4 cm³/mol. The van der Waals surface area contributed by atoms with Gasteiger partial charge in [-0.3, -0.25) is 0 Å². The smallest absolute Gasteiger partial charge is 0.200 e. The van der Waals surface area contributed by atoms with Gasteiger partial charge in [-0.2, -0.15) is 0 Å². The van der Waals surface area contributed by atoms with Crippen molar-refractivity contribution in [2.24, 2.45) is 0 Å². The third-order valence-electron chi connectivity index (χ3n) is 3.80. The van der Waals surface area contributed by atoms with Crippen LogP contribution in [0.15, 0.2) is 6.07 Å². The molecule has 2 N–H and O–H groups in total. The van der Waals surface area contributed by atoms with E-state index in [1.54, 1.807) is 14.2 Å². The monoisotopic (exact) mass is 293 g/mol. The second kappa shape index (κ2) is 8.32. The number of anilines is 1. The van der Waals surface area contributed by atoms with Crippen molar-refractivity contribution in [2.45, 2.75) is 45.4 Å². The van der Waals surface area contributed by atoms with E-state index in [1.165, 1.54) is 24.0 Å². The molecule has 0 aliphatic carbocycles. The summed E-state index contributed by atoms with van der Waals surface area (Å²) in [5.74, 6) is 0.979. The molecule has 5 nitrogen and oxygen atoms in total. The number of nitrogens with one attached hydrogen (secondary N) is 2. The maximum Gasteiger partial charge on any atom is 0.200 e. The summed E-state index contributed by atoms with van der Waals surface area (Å²) in [4.78, 5) is 4.75. The molecule has 2 rings (SSSR count). The molecule has 0 saturated carbocycles. The maximum atomic E-state index is 5.40. The average molecular weight is 293 g/mol. The minimum atomic E-state index is -0.415. The lowest BCUT2D eigenvalue weighted by Crippen LogP contribution is -2.21. The van der Waals surface area contributed by atoms with Gasteiger partial charge in [0.1, 0.15) is 11.5 Å². The molecule has 2 heterocycles. The van der Waals surface area contributed by atoms with Crippen molar-refractivity contribution in [1.29, 1.82) is 0 Å². The third kappa shape index (κ3) is 4.15. The Kier molecular flexibility index (Phi) is 6.42. The summed E-state index contributed by atoms with van der Waals surface area (Å²) in [6, 6.07) is 2.24. The van der Waals surface area contributed by atoms with Crippen LogP contribution in [0.2, 0.25) is 0 Å². The van der Waals surface area contributed by atoms with Crippen molar-refractivity contribution in [1.82, 2.24) is 10.3 Å². The number of methoxy groups -OCH3 is 2. The third-order valence-corrected chi connectivity index (χ3v) is 3.80. The molecule has 1 aromatic rings. The zero-order chi connectivity index (χ0) is 15.1. The van der Waals surface area contributed by atoms with Crippen LogP contribution < -0.4 is 10.6 Å². The van der Waals surface area contributed by atoms with Crippen molar-refractivity contribution in [3.05, 3.63) is 22.9 Å². The molecule has 1 aliphatic rings. The number of hydrogen-bond acceptors (Lipinski definition) is 5. The van der Waals surface area contributed by atoms with Gasteiger partial charge in [0.15, 0.2) is 0 Å². The first-order valence-corrected chi connectivity index (χ1v) is 7.83. The first-order chi connectivity index (χ1) is 10.3. The van der Waals surface area contributed by atoms with Crippen LogP contribution in [0.5, 0.6) is 0 Å². The summed E-state index contributed by atoms with van der Waals surface area (Å²) < 4.78 is 10.8. The second-order valence-corrected chi connectivity index (χ2v) is 5.40. The van der Waals surface area contributed by atoms with E-state index in [-0.39, 0.29) is 0 Å².